The molecule has 1 aliphatic heterocycles. The molecule has 0 spiro atoms. The molecule has 1 amide bonds. The van der Waals surface area contributed by atoms with Gasteiger partial charge < -0.3 is 4.90 Å². The highest BCUT2D eigenvalue weighted by molar-refractivity contribution is 7.88. The Bertz CT molecular complexity index is 830. The third-order valence-electron chi connectivity index (χ3n) is 4.63. The van der Waals surface area contributed by atoms with E-state index in [4.69, 9.17) is 11.6 Å². The van der Waals surface area contributed by atoms with Gasteiger partial charge in [-0.15, -0.1) is 0 Å². The quantitative estimate of drug-likeness (QED) is 0.809. The van der Waals surface area contributed by atoms with Crippen LogP contribution in [0, 0.1) is 11.7 Å². The highest BCUT2D eigenvalue weighted by atomic mass is 35.5. The van der Waals surface area contributed by atoms with Crippen LogP contribution in [-0.4, -0.2) is 50.0 Å². The molecule has 0 aromatic heterocycles. The van der Waals surface area contributed by atoms with E-state index in [-0.39, 0.29) is 22.9 Å². The second-order valence-corrected chi connectivity index (χ2v) is 9.04. The third-order valence-corrected chi connectivity index (χ3v) is 5.61. The molecule has 10 heteroatoms. The van der Waals surface area contributed by atoms with Gasteiger partial charge in [0.2, 0.25) is 15.9 Å². The van der Waals surface area contributed by atoms with Crippen LogP contribution in [0.15, 0.2) is 18.2 Å². The lowest BCUT2D eigenvalue weighted by atomic mass is 9.98. The largest absolute Gasteiger partial charge is 0.331 e. The van der Waals surface area contributed by atoms with Crippen molar-refractivity contribution in [1.29, 1.82) is 0 Å². The van der Waals surface area contributed by atoms with Gasteiger partial charge in [0, 0.05) is 5.92 Å². The minimum absolute atomic E-state index is 0.0501. The van der Waals surface area contributed by atoms with Crippen molar-refractivity contribution in [2.45, 2.75) is 37.3 Å². The monoisotopic (exact) mass is 410 g/mol. The van der Waals surface area contributed by atoms with E-state index in [0.29, 0.717) is 12.8 Å². The van der Waals surface area contributed by atoms with Crippen LogP contribution in [-0.2, 0) is 21.2 Å². The molecule has 1 N–H and O–H groups in total. The minimum Gasteiger partial charge on any atom is -0.331 e. The van der Waals surface area contributed by atoms with Crippen LogP contribution in [0.5, 0.6) is 0 Å². The molecule has 1 aliphatic carbocycles. The molecule has 1 aromatic rings. The van der Waals surface area contributed by atoms with E-state index >= 15 is 0 Å². The Morgan fingerprint density at radius 1 is 1.38 bits per heavy atom. The van der Waals surface area contributed by atoms with Crippen LogP contribution in [0.1, 0.15) is 18.4 Å². The normalized spacial score (nSPS) is 25.5. The van der Waals surface area contributed by atoms with Crippen LogP contribution in [0.4, 0.5) is 13.2 Å². The SMILES string of the molecule is CS(=O)(=O)N[C@@H]1[C@H](Cc2cccc(Cl)c2F)N(C(=O)C2CC2)CC1(F)F. The zero-order valence-electron chi connectivity index (χ0n) is 13.9. The molecule has 0 unspecified atom stereocenters. The van der Waals surface area contributed by atoms with E-state index in [9.17, 15) is 26.4 Å². The number of alkyl halides is 2. The van der Waals surface area contributed by atoms with Gasteiger partial charge in [-0.1, -0.05) is 23.7 Å². The van der Waals surface area contributed by atoms with Crippen molar-refractivity contribution in [3.63, 3.8) is 0 Å². The zero-order valence-corrected chi connectivity index (χ0v) is 15.5. The Labute approximate surface area is 154 Å². The molecule has 2 atom stereocenters. The summed E-state index contributed by atoms with van der Waals surface area (Å²) < 4.78 is 68.4. The topological polar surface area (TPSA) is 66.5 Å². The van der Waals surface area contributed by atoms with E-state index in [2.05, 4.69) is 0 Å². The third kappa shape index (κ3) is 3.99. The molecule has 1 saturated carbocycles. The number of halogens is 4. The molecule has 5 nitrogen and oxygen atoms in total. The summed E-state index contributed by atoms with van der Waals surface area (Å²) in [4.78, 5) is 13.4. The Morgan fingerprint density at radius 3 is 2.62 bits per heavy atom. The Balaban J connectivity index is 1.97. The molecule has 1 aromatic carbocycles. The maximum Gasteiger partial charge on any atom is 0.283 e. The molecule has 2 aliphatic rings. The van der Waals surface area contributed by atoms with Gasteiger partial charge in [0.1, 0.15) is 11.9 Å². The van der Waals surface area contributed by atoms with Gasteiger partial charge >= 0.3 is 0 Å². The zero-order chi connectivity index (χ0) is 19.3. The maximum atomic E-state index is 14.5. The predicted octanol–water partition coefficient (Wildman–Crippen LogP) is 2.20. The van der Waals surface area contributed by atoms with Crippen LogP contribution < -0.4 is 4.72 Å². The first-order chi connectivity index (χ1) is 12.0. The number of likely N-dealkylation sites (tertiary alicyclic amines) is 1. The maximum absolute atomic E-state index is 14.5. The first-order valence-electron chi connectivity index (χ1n) is 8.08. The van der Waals surface area contributed by atoms with Crippen LogP contribution >= 0.6 is 11.6 Å². The number of nitrogens with one attached hydrogen (secondary N) is 1. The van der Waals surface area contributed by atoms with E-state index in [1.54, 1.807) is 0 Å². The molecule has 2 fully saturated rings. The second-order valence-electron chi connectivity index (χ2n) is 6.85. The van der Waals surface area contributed by atoms with Crippen molar-refractivity contribution in [2.24, 2.45) is 5.92 Å². The van der Waals surface area contributed by atoms with Crippen LogP contribution in [0.3, 0.4) is 0 Å². The van der Waals surface area contributed by atoms with E-state index < -0.39 is 46.3 Å². The summed E-state index contributed by atoms with van der Waals surface area (Å²) >= 11 is 5.74. The van der Waals surface area contributed by atoms with E-state index in [0.717, 1.165) is 11.2 Å². The standard InChI is InChI=1S/C16H18ClF3N2O3S/c1-26(24,25)21-14-12(7-10-3-2-4-11(17)13(10)18)22(8-16(14,19)20)15(23)9-5-6-9/h2-4,9,12,14,21H,5-8H2,1H3/t12-,14+/m0/s1. The molecule has 0 bridgehead atoms. The van der Waals surface area contributed by atoms with Gasteiger partial charge in [0.05, 0.1) is 23.9 Å². The molecule has 0 radical (unpaired) electrons. The van der Waals surface area contributed by atoms with Crippen molar-refractivity contribution < 1.29 is 26.4 Å². The number of benzene rings is 1. The fourth-order valence-electron chi connectivity index (χ4n) is 3.27. The lowest BCUT2D eigenvalue weighted by Gasteiger charge is -2.28. The number of hydrogen-bond donors (Lipinski definition) is 1. The molecule has 26 heavy (non-hydrogen) atoms. The lowest BCUT2D eigenvalue weighted by molar-refractivity contribution is -0.134. The number of amides is 1. The van der Waals surface area contributed by atoms with Crippen molar-refractivity contribution in [3.05, 3.63) is 34.6 Å². The number of rotatable bonds is 5. The second kappa shape index (κ2) is 6.69. The number of carbonyl (C=O) groups is 1. The first-order valence-corrected chi connectivity index (χ1v) is 10.3. The molecule has 3 rings (SSSR count). The Hall–Kier alpha value is -1.32. The van der Waals surface area contributed by atoms with Crippen LogP contribution in [0.2, 0.25) is 5.02 Å². The minimum atomic E-state index is -3.96. The average Bonchev–Trinajstić information content (AvgIpc) is 3.32. The van der Waals surface area contributed by atoms with Crippen molar-refractivity contribution >= 4 is 27.5 Å². The smallest absolute Gasteiger partial charge is 0.283 e. The highest BCUT2D eigenvalue weighted by Gasteiger charge is 2.58. The summed E-state index contributed by atoms with van der Waals surface area (Å²) in [6, 6.07) is 1.14. The van der Waals surface area contributed by atoms with Gasteiger partial charge in [-0.2, -0.15) is 0 Å². The molecular weight excluding hydrogens is 393 g/mol. The summed E-state index contributed by atoms with van der Waals surface area (Å²) in [6.07, 6.45) is 1.73. The van der Waals surface area contributed by atoms with E-state index in [1.165, 1.54) is 18.2 Å². The lowest BCUT2D eigenvalue weighted by Crippen LogP contribution is -2.52. The highest BCUT2D eigenvalue weighted by Crippen LogP contribution is 2.40. The molecular formula is C16H18ClF3N2O3S. The van der Waals surface area contributed by atoms with Crippen molar-refractivity contribution in [2.75, 3.05) is 12.8 Å². The number of nitrogens with zero attached hydrogens (tertiary/aromatic N) is 1. The van der Waals surface area contributed by atoms with Gasteiger partial charge in [-0.05, 0) is 30.9 Å². The van der Waals surface area contributed by atoms with Gasteiger partial charge in [0.15, 0.2) is 0 Å². The summed E-state index contributed by atoms with van der Waals surface area (Å²) in [5.41, 5.74) is 0.0501. The predicted molar refractivity (Wildman–Crippen MR) is 90.1 cm³/mol. The van der Waals surface area contributed by atoms with Crippen molar-refractivity contribution in [3.8, 4) is 0 Å². The number of hydrogen-bond acceptors (Lipinski definition) is 3. The van der Waals surface area contributed by atoms with Gasteiger partial charge in [0.25, 0.3) is 5.92 Å². The fraction of sp³-hybridized carbons (Fsp3) is 0.562. The van der Waals surface area contributed by atoms with Crippen LogP contribution in [0.25, 0.3) is 0 Å². The Morgan fingerprint density at radius 2 is 2.04 bits per heavy atom. The summed E-state index contributed by atoms with van der Waals surface area (Å²) in [7, 11) is -3.96. The average molecular weight is 411 g/mol. The molecule has 1 heterocycles. The summed E-state index contributed by atoms with van der Waals surface area (Å²) in [5, 5.41) is -0.167. The molecule has 1 saturated heterocycles. The van der Waals surface area contributed by atoms with Gasteiger partial charge in [-0.25, -0.2) is 26.3 Å². The van der Waals surface area contributed by atoms with Gasteiger partial charge in [-0.3, -0.25) is 4.79 Å². The number of sulfonamides is 1. The van der Waals surface area contributed by atoms with E-state index in [1.807, 2.05) is 4.72 Å². The fourth-order valence-corrected chi connectivity index (χ4v) is 4.25. The first kappa shape index (κ1) is 19.4. The summed E-state index contributed by atoms with van der Waals surface area (Å²) in [6.45, 7) is -0.900. The van der Waals surface area contributed by atoms with Crippen molar-refractivity contribution in [1.82, 2.24) is 9.62 Å². The number of carbonyl (C=O) groups excluding carboxylic acids is 1. The Kier molecular flexibility index (Phi) is 5.00. The summed E-state index contributed by atoms with van der Waals surface area (Å²) in [5.74, 6) is -5.00. The molecule has 144 valence electrons.